The number of hydrogen-bond donors (Lipinski definition) is 0. The summed E-state index contributed by atoms with van der Waals surface area (Å²) in [6.07, 6.45) is 2.02. The predicted octanol–water partition coefficient (Wildman–Crippen LogP) is 4.19. The lowest BCUT2D eigenvalue weighted by Crippen LogP contribution is -1.93. The normalized spacial score (nSPS) is 10.8. The van der Waals surface area contributed by atoms with Crippen molar-refractivity contribution in [3.05, 3.63) is 40.3 Å². The van der Waals surface area contributed by atoms with E-state index in [1.807, 2.05) is 25.3 Å². The van der Waals surface area contributed by atoms with E-state index >= 15 is 0 Å². The zero-order valence-electron chi connectivity index (χ0n) is 9.17. The van der Waals surface area contributed by atoms with Crippen LogP contribution in [0.3, 0.4) is 0 Å². The van der Waals surface area contributed by atoms with E-state index in [0.29, 0.717) is 10.0 Å². The molecule has 0 radical (unpaired) electrons. The molecule has 0 aliphatic rings. The van der Waals surface area contributed by atoms with Gasteiger partial charge in [-0.1, -0.05) is 29.3 Å². The standard InChI is InChI=1S/C12H12Cl2N2/c1-3-16-7-12(15-8(16)2)9-4-5-10(13)11(14)6-9/h4-7H,3H2,1-2H3. The van der Waals surface area contributed by atoms with Crippen molar-refractivity contribution in [3.63, 3.8) is 0 Å². The first-order valence-corrected chi connectivity index (χ1v) is 5.86. The Bertz CT molecular complexity index is 518. The Morgan fingerprint density at radius 1 is 1.25 bits per heavy atom. The topological polar surface area (TPSA) is 17.8 Å². The lowest BCUT2D eigenvalue weighted by Gasteiger charge is -1.99. The molecule has 0 atom stereocenters. The second kappa shape index (κ2) is 4.48. The summed E-state index contributed by atoms with van der Waals surface area (Å²) < 4.78 is 2.10. The summed E-state index contributed by atoms with van der Waals surface area (Å²) in [6, 6.07) is 5.56. The summed E-state index contributed by atoms with van der Waals surface area (Å²) in [6.45, 7) is 5.00. The molecule has 0 saturated heterocycles. The number of imidazole rings is 1. The molecule has 0 amide bonds. The number of aromatic nitrogens is 2. The van der Waals surface area contributed by atoms with Crippen LogP contribution in [-0.4, -0.2) is 9.55 Å². The highest BCUT2D eigenvalue weighted by molar-refractivity contribution is 6.42. The fraction of sp³-hybridized carbons (Fsp3) is 0.250. The second-order valence-electron chi connectivity index (χ2n) is 3.59. The van der Waals surface area contributed by atoms with Crippen molar-refractivity contribution in [3.8, 4) is 11.3 Å². The van der Waals surface area contributed by atoms with E-state index in [0.717, 1.165) is 23.6 Å². The predicted molar refractivity (Wildman–Crippen MR) is 68.1 cm³/mol. The molecular weight excluding hydrogens is 243 g/mol. The molecule has 16 heavy (non-hydrogen) atoms. The molecule has 0 spiro atoms. The number of nitrogens with zero attached hydrogens (tertiary/aromatic N) is 2. The van der Waals surface area contributed by atoms with Gasteiger partial charge in [0.15, 0.2) is 0 Å². The van der Waals surface area contributed by atoms with Crippen LogP contribution in [0.4, 0.5) is 0 Å². The summed E-state index contributed by atoms with van der Waals surface area (Å²) in [5.41, 5.74) is 1.92. The first kappa shape index (κ1) is 11.5. The van der Waals surface area contributed by atoms with Crippen molar-refractivity contribution >= 4 is 23.2 Å². The van der Waals surface area contributed by atoms with Gasteiger partial charge in [0.05, 0.1) is 15.7 Å². The monoisotopic (exact) mass is 254 g/mol. The first-order valence-electron chi connectivity index (χ1n) is 5.11. The molecule has 2 nitrogen and oxygen atoms in total. The molecule has 0 unspecified atom stereocenters. The third kappa shape index (κ3) is 2.08. The Morgan fingerprint density at radius 2 is 2.00 bits per heavy atom. The third-order valence-electron chi connectivity index (χ3n) is 2.53. The second-order valence-corrected chi connectivity index (χ2v) is 4.40. The van der Waals surface area contributed by atoms with E-state index in [4.69, 9.17) is 23.2 Å². The molecule has 4 heteroatoms. The summed E-state index contributed by atoms with van der Waals surface area (Å²) >= 11 is 11.9. The number of rotatable bonds is 2. The smallest absolute Gasteiger partial charge is 0.106 e. The van der Waals surface area contributed by atoms with Crippen LogP contribution >= 0.6 is 23.2 Å². The highest BCUT2D eigenvalue weighted by atomic mass is 35.5. The Labute approximate surface area is 105 Å². The lowest BCUT2D eigenvalue weighted by atomic mass is 10.2. The molecule has 1 aromatic carbocycles. The van der Waals surface area contributed by atoms with E-state index in [1.54, 1.807) is 6.07 Å². The molecular formula is C12H12Cl2N2. The highest BCUT2D eigenvalue weighted by Crippen LogP contribution is 2.27. The Morgan fingerprint density at radius 3 is 2.56 bits per heavy atom. The third-order valence-corrected chi connectivity index (χ3v) is 3.27. The molecule has 2 rings (SSSR count). The molecule has 2 aromatic rings. The van der Waals surface area contributed by atoms with Crippen molar-refractivity contribution in [1.29, 1.82) is 0 Å². The van der Waals surface area contributed by atoms with Gasteiger partial charge >= 0.3 is 0 Å². The fourth-order valence-corrected chi connectivity index (χ4v) is 1.92. The van der Waals surface area contributed by atoms with E-state index in [1.165, 1.54) is 0 Å². The number of benzene rings is 1. The highest BCUT2D eigenvalue weighted by Gasteiger charge is 2.07. The van der Waals surface area contributed by atoms with Crippen molar-refractivity contribution in [2.24, 2.45) is 0 Å². The van der Waals surface area contributed by atoms with Crippen LogP contribution in [-0.2, 0) is 6.54 Å². The van der Waals surface area contributed by atoms with Gasteiger partial charge in [-0.25, -0.2) is 4.98 Å². The quantitative estimate of drug-likeness (QED) is 0.786. The number of hydrogen-bond acceptors (Lipinski definition) is 1. The maximum atomic E-state index is 5.98. The van der Waals surface area contributed by atoms with Gasteiger partial charge < -0.3 is 4.57 Å². The van der Waals surface area contributed by atoms with Crippen LogP contribution in [0.1, 0.15) is 12.7 Å². The Balaban J connectivity index is 2.46. The molecule has 1 heterocycles. The molecule has 0 aliphatic heterocycles. The van der Waals surface area contributed by atoms with E-state index in [2.05, 4.69) is 16.5 Å². The van der Waals surface area contributed by atoms with Crippen molar-refractivity contribution in [1.82, 2.24) is 9.55 Å². The van der Waals surface area contributed by atoms with Gasteiger partial charge in [0.2, 0.25) is 0 Å². The molecule has 84 valence electrons. The minimum absolute atomic E-state index is 0.558. The Kier molecular flexibility index (Phi) is 3.22. The minimum Gasteiger partial charge on any atom is -0.335 e. The van der Waals surface area contributed by atoms with Crippen LogP contribution in [0.2, 0.25) is 10.0 Å². The van der Waals surface area contributed by atoms with Crippen LogP contribution in [0.25, 0.3) is 11.3 Å². The van der Waals surface area contributed by atoms with E-state index < -0.39 is 0 Å². The molecule has 0 N–H and O–H groups in total. The maximum absolute atomic E-state index is 5.98. The molecule has 0 bridgehead atoms. The summed E-state index contributed by atoms with van der Waals surface area (Å²) in [4.78, 5) is 4.48. The van der Waals surface area contributed by atoms with Gasteiger partial charge in [-0.3, -0.25) is 0 Å². The SMILES string of the molecule is CCn1cc(-c2ccc(Cl)c(Cl)c2)nc1C. The summed E-state index contributed by atoms with van der Waals surface area (Å²) in [7, 11) is 0. The average molecular weight is 255 g/mol. The van der Waals surface area contributed by atoms with Gasteiger partial charge in [0.25, 0.3) is 0 Å². The Hall–Kier alpha value is -0.990. The maximum Gasteiger partial charge on any atom is 0.106 e. The van der Waals surface area contributed by atoms with Crippen molar-refractivity contribution < 1.29 is 0 Å². The summed E-state index contributed by atoms with van der Waals surface area (Å²) in [5, 5.41) is 1.12. The molecule has 1 aromatic heterocycles. The van der Waals surface area contributed by atoms with E-state index in [-0.39, 0.29) is 0 Å². The van der Waals surface area contributed by atoms with Crippen LogP contribution in [0.5, 0.6) is 0 Å². The average Bonchev–Trinajstić information content (AvgIpc) is 2.64. The zero-order chi connectivity index (χ0) is 11.7. The van der Waals surface area contributed by atoms with Gasteiger partial charge in [-0.05, 0) is 26.0 Å². The molecule has 0 fully saturated rings. The number of aryl methyl sites for hydroxylation is 2. The summed E-state index contributed by atoms with van der Waals surface area (Å²) in [5.74, 6) is 1.00. The first-order chi connectivity index (χ1) is 7.61. The minimum atomic E-state index is 0.558. The zero-order valence-corrected chi connectivity index (χ0v) is 10.7. The lowest BCUT2D eigenvalue weighted by molar-refractivity contribution is 0.730. The molecule has 0 aliphatic carbocycles. The largest absolute Gasteiger partial charge is 0.335 e. The van der Waals surface area contributed by atoms with Crippen molar-refractivity contribution in [2.45, 2.75) is 20.4 Å². The van der Waals surface area contributed by atoms with Gasteiger partial charge in [0, 0.05) is 18.3 Å². The molecule has 0 saturated carbocycles. The van der Waals surface area contributed by atoms with Crippen LogP contribution in [0.15, 0.2) is 24.4 Å². The number of halogens is 2. The van der Waals surface area contributed by atoms with Gasteiger partial charge in [-0.2, -0.15) is 0 Å². The van der Waals surface area contributed by atoms with Crippen molar-refractivity contribution in [2.75, 3.05) is 0 Å². The van der Waals surface area contributed by atoms with E-state index in [9.17, 15) is 0 Å². The van der Waals surface area contributed by atoms with Crippen LogP contribution < -0.4 is 0 Å². The van der Waals surface area contributed by atoms with Crippen LogP contribution in [0, 0.1) is 6.92 Å². The van der Waals surface area contributed by atoms with Gasteiger partial charge in [0.1, 0.15) is 5.82 Å². The fourth-order valence-electron chi connectivity index (χ4n) is 1.62. The van der Waals surface area contributed by atoms with Gasteiger partial charge in [-0.15, -0.1) is 0 Å².